The Kier molecular flexibility index (Phi) is 6.89. The van der Waals surface area contributed by atoms with Crippen LogP contribution in [0.1, 0.15) is 11.1 Å². The van der Waals surface area contributed by atoms with Crippen LogP contribution in [0.4, 0.5) is 5.82 Å². The number of rotatable bonds is 5. The van der Waals surface area contributed by atoms with E-state index in [1.807, 2.05) is 59.4 Å². The fraction of sp³-hybridized carbons (Fsp3) is 0.273. The van der Waals surface area contributed by atoms with E-state index in [1.54, 1.807) is 0 Å². The molecule has 0 bridgehead atoms. The van der Waals surface area contributed by atoms with Gasteiger partial charge in [-0.3, -0.25) is 9.58 Å². The van der Waals surface area contributed by atoms with E-state index < -0.39 is 0 Å². The van der Waals surface area contributed by atoms with E-state index >= 15 is 0 Å². The molecule has 0 saturated carbocycles. The van der Waals surface area contributed by atoms with Crippen molar-refractivity contribution in [3.63, 3.8) is 0 Å². The summed E-state index contributed by atoms with van der Waals surface area (Å²) < 4.78 is 1.88. The Labute approximate surface area is 192 Å². The van der Waals surface area contributed by atoms with Crippen LogP contribution in [0.5, 0.6) is 0 Å². The van der Waals surface area contributed by atoms with Crippen molar-refractivity contribution < 1.29 is 0 Å². The molecule has 156 valence electrons. The van der Waals surface area contributed by atoms with Gasteiger partial charge in [0.15, 0.2) is 10.9 Å². The van der Waals surface area contributed by atoms with Crippen LogP contribution in [0.25, 0.3) is 0 Å². The zero-order valence-corrected chi connectivity index (χ0v) is 18.8. The first-order valence-corrected chi connectivity index (χ1v) is 11.0. The van der Waals surface area contributed by atoms with Gasteiger partial charge in [0.2, 0.25) is 0 Å². The Morgan fingerprint density at radius 1 is 0.933 bits per heavy atom. The fourth-order valence-corrected chi connectivity index (χ4v) is 4.07. The van der Waals surface area contributed by atoms with Gasteiger partial charge < -0.3 is 10.2 Å². The molecule has 5 nitrogen and oxygen atoms in total. The van der Waals surface area contributed by atoms with E-state index in [0.29, 0.717) is 11.7 Å². The Morgan fingerprint density at radius 2 is 1.67 bits per heavy atom. The van der Waals surface area contributed by atoms with Crippen LogP contribution < -0.4 is 5.32 Å². The molecule has 1 aliphatic rings. The van der Waals surface area contributed by atoms with E-state index in [0.717, 1.165) is 54.2 Å². The molecule has 3 aromatic rings. The maximum atomic E-state index is 6.29. The van der Waals surface area contributed by atoms with Gasteiger partial charge in [-0.2, -0.15) is 5.10 Å². The smallest absolute Gasteiger partial charge is 0.174 e. The summed E-state index contributed by atoms with van der Waals surface area (Å²) in [5.41, 5.74) is 2.31. The average Bonchev–Trinajstić information content (AvgIpc) is 3.18. The van der Waals surface area contributed by atoms with Crippen LogP contribution in [0.3, 0.4) is 0 Å². The largest absolute Gasteiger partial charge is 0.346 e. The highest BCUT2D eigenvalue weighted by Crippen LogP contribution is 2.18. The van der Waals surface area contributed by atoms with Crippen molar-refractivity contribution in [2.24, 2.45) is 0 Å². The third kappa shape index (κ3) is 5.52. The lowest BCUT2D eigenvalue weighted by atomic mass is 10.2. The highest BCUT2D eigenvalue weighted by molar-refractivity contribution is 7.80. The zero-order chi connectivity index (χ0) is 20.9. The SMILES string of the molecule is S=C(Nc1ccn(Cc2ccc(Cl)cc2)n1)N1CCN(Cc2ccccc2Cl)CC1. The van der Waals surface area contributed by atoms with Gasteiger partial charge in [-0.25, -0.2) is 0 Å². The number of hydrogen-bond acceptors (Lipinski definition) is 3. The first-order chi connectivity index (χ1) is 14.6. The van der Waals surface area contributed by atoms with Gasteiger partial charge >= 0.3 is 0 Å². The Bertz CT molecular complexity index is 997. The third-order valence-corrected chi connectivity index (χ3v) is 6.13. The second-order valence-corrected chi connectivity index (χ2v) is 8.54. The van der Waals surface area contributed by atoms with Crippen molar-refractivity contribution >= 4 is 46.4 Å². The number of benzene rings is 2. The molecule has 2 heterocycles. The van der Waals surface area contributed by atoms with E-state index in [1.165, 1.54) is 5.56 Å². The number of thiocarbonyl (C=S) groups is 1. The number of nitrogens with one attached hydrogen (secondary N) is 1. The molecule has 4 rings (SSSR count). The van der Waals surface area contributed by atoms with Gasteiger partial charge in [0, 0.05) is 55.0 Å². The molecular weight excluding hydrogens is 437 g/mol. The molecule has 0 radical (unpaired) electrons. The molecule has 1 aromatic heterocycles. The minimum atomic E-state index is 0.687. The quantitative estimate of drug-likeness (QED) is 0.556. The highest BCUT2D eigenvalue weighted by Gasteiger charge is 2.20. The predicted molar refractivity (Wildman–Crippen MR) is 127 cm³/mol. The van der Waals surface area contributed by atoms with Crippen molar-refractivity contribution in [1.82, 2.24) is 19.6 Å². The zero-order valence-electron chi connectivity index (χ0n) is 16.5. The van der Waals surface area contributed by atoms with Crippen molar-refractivity contribution in [2.45, 2.75) is 13.1 Å². The van der Waals surface area contributed by atoms with Gasteiger partial charge in [0.05, 0.1) is 6.54 Å². The molecule has 0 amide bonds. The number of aromatic nitrogens is 2. The van der Waals surface area contributed by atoms with E-state index in [-0.39, 0.29) is 0 Å². The number of piperazine rings is 1. The standard InChI is InChI=1S/C22H23Cl2N5S/c23-19-7-5-17(6-8-19)15-29-10-9-21(26-29)25-22(30)28-13-11-27(12-14-28)16-18-3-1-2-4-20(18)24/h1-10H,11-16H2,(H,25,26,30). The highest BCUT2D eigenvalue weighted by atomic mass is 35.5. The van der Waals surface area contributed by atoms with Crippen LogP contribution >= 0.6 is 35.4 Å². The number of hydrogen-bond donors (Lipinski definition) is 1. The summed E-state index contributed by atoms with van der Waals surface area (Å²) in [6, 6.07) is 17.7. The van der Waals surface area contributed by atoms with E-state index in [2.05, 4.69) is 26.3 Å². The first kappa shape index (κ1) is 21.1. The number of anilines is 1. The Balaban J connectivity index is 1.26. The topological polar surface area (TPSA) is 36.3 Å². The van der Waals surface area contributed by atoms with E-state index in [4.69, 9.17) is 35.4 Å². The van der Waals surface area contributed by atoms with Crippen molar-refractivity contribution in [3.05, 3.63) is 82.0 Å². The lowest BCUT2D eigenvalue weighted by Crippen LogP contribution is -2.49. The third-order valence-electron chi connectivity index (χ3n) is 5.14. The average molecular weight is 460 g/mol. The molecule has 1 fully saturated rings. The molecule has 0 spiro atoms. The lowest BCUT2D eigenvalue weighted by molar-refractivity contribution is 0.177. The first-order valence-electron chi connectivity index (χ1n) is 9.86. The van der Waals surface area contributed by atoms with Crippen molar-refractivity contribution in [1.29, 1.82) is 0 Å². The van der Waals surface area contributed by atoms with Gasteiger partial charge in [0.25, 0.3) is 0 Å². The number of nitrogens with zero attached hydrogens (tertiary/aromatic N) is 4. The van der Waals surface area contributed by atoms with Crippen LogP contribution in [0, 0.1) is 0 Å². The molecule has 1 aliphatic heterocycles. The van der Waals surface area contributed by atoms with Crippen LogP contribution in [-0.2, 0) is 13.1 Å². The van der Waals surface area contributed by atoms with E-state index in [9.17, 15) is 0 Å². The lowest BCUT2D eigenvalue weighted by Gasteiger charge is -2.36. The Hall–Kier alpha value is -2.12. The molecule has 0 aliphatic carbocycles. The second kappa shape index (κ2) is 9.79. The maximum Gasteiger partial charge on any atom is 0.174 e. The maximum absolute atomic E-state index is 6.29. The number of halogens is 2. The molecule has 1 saturated heterocycles. The van der Waals surface area contributed by atoms with Crippen LogP contribution in [0.15, 0.2) is 60.8 Å². The minimum Gasteiger partial charge on any atom is -0.346 e. The van der Waals surface area contributed by atoms with Crippen LogP contribution in [-0.4, -0.2) is 50.9 Å². The molecule has 30 heavy (non-hydrogen) atoms. The van der Waals surface area contributed by atoms with Gasteiger partial charge in [-0.05, 0) is 41.5 Å². The summed E-state index contributed by atoms with van der Waals surface area (Å²) in [6.07, 6.45) is 1.95. The summed E-state index contributed by atoms with van der Waals surface area (Å²) in [5.74, 6) is 0.757. The summed E-state index contributed by atoms with van der Waals surface area (Å²) in [5, 5.41) is 10.1. The van der Waals surface area contributed by atoms with Crippen molar-refractivity contribution in [2.75, 3.05) is 31.5 Å². The molecule has 8 heteroatoms. The molecular formula is C22H23Cl2N5S. The monoisotopic (exact) mass is 459 g/mol. The van der Waals surface area contributed by atoms with Gasteiger partial charge in [0.1, 0.15) is 0 Å². The van der Waals surface area contributed by atoms with Crippen molar-refractivity contribution in [3.8, 4) is 0 Å². The molecule has 0 atom stereocenters. The summed E-state index contributed by atoms with van der Waals surface area (Å²) in [6.45, 7) is 5.19. The summed E-state index contributed by atoms with van der Waals surface area (Å²) in [7, 11) is 0. The molecule has 0 unspecified atom stereocenters. The Morgan fingerprint density at radius 3 is 2.40 bits per heavy atom. The van der Waals surface area contributed by atoms with Gasteiger partial charge in [-0.15, -0.1) is 0 Å². The summed E-state index contributed by atoms with van der Waals surface area (Å²) in [4.78, 5) is 4.60. The minimum absolute atomic E-state index is 0.687. The van der Waals surface area contributed by atoms with Gasteiger partial charge in [-0.1, -0.05) is 53.5 Å². The fourth-order valence-electron chi connectivity index (χ4n) is 3.46. The normalized spacial score (nSPS) is 14.7. The van der Waals surface area contributed by atoms with Crippen LogP contribution in [0.2, 0.25) is 10.0 Å². The summed E-state index contributed by atoms with van der Waals surface area (Å²) >= 11 is 17.8. The second-order valence-electron chi connectivity index (χ2n) is 7.31. The predicted octanol–water partition coefficient (Wildman–Crippen LogP) is 4.75. The molecule has 2 aromatic carbocycles. The molecule has 1 N–H and O–H groups in total.